The van der Waals surface area contributed by atoms with Gasteiger partial charge in [-0.15, -0.1) is 5.10 Å². The minimum atomic E-state index is -0.356. The highest BCUT2D eigenvalue weighted by molar-refractivity contribution is 5.92. The van der Waals surface area contributed by atoms with Gasteiger partial charge in [0.15, 0.2) is 0 Å². The van der Waals surface area contributed by atoms with Gasteiger partial charge in [-0.05, 0) is 0 Å². The van der Waals surface area contributed by atoms with Gasteiger partial charge in [0, 0.05) is 5.56 Å². The van der Waals surface area contributed by atoms with Gasteiger partial charge in [-0.25, -0.2) is 5.10 Å². The third-order valence-corrected chi connectivity index (χ3v) is 2.61. The lowest BCUT2D eigenvalue weighted by atomic mass is 10.1. The normalized spacial score (nSPS) is 10.7. The van der Waals surface area contributed by atoms with Crippen LogP contribution in [0.5, 0.6) is 5.88 Å². The summed E-state index contributed by atoms with van der Waals surface area (Å²) < 4.78 is 10.2. The average Bonchev–Trinajstić information content (AvgIpc) is 2.86. The Morgan fingerprint density at radius 3 is 2.78 bits per heavy atom. The second-order valence-electron chi connectivity index (χ2n) is 3.66. The van der Waals surface area contributed by atoms with Crippen LogP contribution >= 0.6 is 0 Å². The molecule has 0 amide bonds. The molecule has 90 valence electrons. The van der Waals surface area contributed by atoms with E-state index in [1.807, 2.05) is 30.3 Å². The largest absolute Gasteiger partial charge is 0.477 e. The van der Waals surface area contributed by atoms with Gasteiger partial charge in [0.25, 0.3) is 11.4 Å². The molecule has 6 nitrogen and oxygen atoms in total. The van der Waals surface area contributed by atoms with Crippen LogP contribution in [-0.2, 0) is 0 Å². The molecule has 1 aromatic carbocycles. The number of nitrogens with one attached hydrogen (secondary N) is 1. The number of benzene rings is 1. The van der Waals surface area contributed by atoms with Crippen LogP contribution in [0.25, 0.3) is 22.2 Å². The van der Waals surface area contributed by atoms with Crippen LogP contribution in [-0.4, -0.2) is 22.5 Å². The number of aromatic nitrogens is 3. The number of rotatable bonds is 2. The van der Waals surface area contributed by atoms with Crippen molar-refractivity contribution in [3.8, 4) is 17.1 Å². The van der Waals surface area contributed by atoms with Crippen molar-refractivity contribution in [3.05, 3.63) is 40.7 Å². The summed E-state index contributed by atoms with van der Waals surface area (Å²) in [6.45, 7) is 0. The van der Waals surface area contributed by atoms with Crippen molar-refractivity contribution in [3.63, 3.8) is 0 Å². The van der Waals surface area contributed by atoms with Crippen LogP contribution < -0.4 is 10.3 Å². The number of hydrogen-bond donors (Lipinski definition) is 1. The molecule has 0 bridgehead atoms. The molecule has 0 saturated heterocycles. The molecule has 0 aliphatic heterocycles. The molecule has 0 unspecified atom stereocenters. The van der Waals surface area contributed by atoms with Gasteiger partial charge in [0.2, 0.25) is 5.58 Å². The lowest BCUT2D eigenvalue weighted by Crippen LogP contribution is -2.09. The summed E-state index contributed by atoms with van der Waals surface area (Å²) in [6.07, 6.45) is 0. The molecule has 0 saturated carbocycles. The Bertz CT molecular complexity index is 746. The summed E-state index contributed by atoms with van der Waals surface area (Å²) in [7, 11) is 1.45. The molecule has 0 aliphatic carbocycles. The van der Waals surface area contributed by atoms with Gasteiger partial charge in [-0.2, -0.15) is 0 Å². The van der Waals surface area contributed by atoms with E-state index in [4.69, 9.17) is 9.26 Å². The minimum Gasteiger partial charge on any atom is -0.477 e. The van der Waals surface area contributed by atoms with Crippen molar-refractivity contribution in [2.24, 2.45) is 0 Å². The Kier molecular flexibility index (Phi) is 2.33. The Balaban J connectivity index is 2.36. The summed E-state index contributed by atoms with van der Waals surface area (Å²) in [5.41, 5.74) is 1.17. The second kappa shape index (κ2) is 3.99. The third-order valence-electron chi connectivity index (χ3n) is 2.61. The van der Waals surface area contributed by atoms with E-state index in [1.165, 1.54) is 7.11 Å². The van der Waals surface area contributed by atoms with Crippen molar-refractivity contribution in [2.75, 3.05) is 7.11 Å². The smallest absolute Gasteiger partial charge is 0.278 e. The summed E-state index contributed by atoms with van der Waals surface area (Å²) in [4.78, 5) is 11.8. The molecule has 1 N–H and O–H groups in total. The number of fused-ring (bicyclic) bond motifs is 1. The van der Waals surface area contributed by atoms with Crippen molar-refractivity contribution in [1.82, 2.24) is 15.4 Å². The van der Waals surface area contributed by atoms with Gasteiger partial charge in [-0.3, -0.25) is 4.79 Å². The van der Waals surface area contributed by atoms with E-state index < -0.39 is 0 Å². The molecule has 0 spiro atoms. The zero-order valence-electron chi connectivity index (χ0n) is 9.51. The van der Waals surface area contributed by atoms with Gasteiger partial charge < -0.3 is 9.26 Å². The Morgan fingerprint density at radius 2 is 2.06 bits per heavy atom. The van der Waals surface area contributed by atoms with Crippen LogP contribution in [0.2, 0.25) is 0 Å². The maximum atomic E-state index is 11.8. The number of ether oxygens (including phenoxy) is 1. The van der Waals surface area contributed by atoms with E-state index in [0.29, 0.717) is 11.1 Å². The molecule has 2 heterocycles. The number of hydrogen-bond acceptors (Lipinski definition) is 5. The van der Waals surface area contributed by atoms with Crippen molar-refractivity contribution in [2.45, 2.75) is 0 Å². The summed E-state index contributed by atoms with van der Waals surface area (Å²) in [5, 5.41) is 10.4. The SMILES string of the molecule is COc1n[nH]c(=O)c2c(-c3ccccc3)noc12. The van der Waals surface area contributed by atoms with E-state index in [2.05, 4.69) is 15.4 Å². The van der Waals surface area contributed by atoms with Crippen LogP contribution in [0.1, 0.15) is 0 Å². The number of methoxy groups -OCH3 is 1. The van der Waals surface area contributed by atoms with Gasteiger partial charge in [0.05, 0.1) is 7.11 Å². The first-order valence-corrected chi connectivity index (χ1v) is 5.28. The Labute approximate surface area is 101 Å². The first-order valence-electron chi connectivity index (χ1n) is 5.28. The molecule has 0 aliphatic rings. The Morgan fingerprint density at radius 1 is 1.28 bits per heavy atom. The van der Waals surface area contributed by atoms with Gasteiger partial charge >= 0.3 is 0 Å². The molecule has 3 aromatic rings. The molecule has 6 heteroatoms. The monoisotopic (exact) mass is 243 g/mol. The van der Waals surface area contributed by atoms with Crippen LogP contribution in [0.4, 0.5) is 0 Å². The predicted octanol–water partition coefficient (Wildman–Crippen LogP) is 1.59. The number of nitrogens with zero attached hydrogens (tertiary/aromatic N) is 2. The third kappa shape index (κ3) is 1.46. The van der Waals surface area contributed by atoms with E-state index in [-0.39, 0.29) is 17.0 Å². The zero-order chi connectivity index (χ0) is 12.5. The van der Waals surface area contributed by atoms with Crippen LogP contribution in [0.15, 0.2) is 39.6 Å². The van der Waals surface area contributed by atoms with Crippen molar-refractivity contribution in [1.29, 1.82) is 0 Å². The fourth-order valence-electron chi connectivity index (χ4n) is 1.79. The Hall–Kier alpha value is -2.63. The zero-order valence-corrected chi connectivity index (χ0v) is 9.51. The van der Waals surface area contributed by atoms with Gasteiger partial charge in [0.1, 0.15) is 11.1 Å². The average molecular weight is 243 g/mol. The standard InChI is InChI=1S/C12H9N3O3/c1-17-12-10-8(11(16)13-14-12)9(15-18-10)7-5-3-2-4-6-7/h2-6H,1H3,(H,13,16). The quantitative estimate of drug-likeness (QED) is 0.739. The predicted molar refractivity (Wildman–Crippen MR) is 64.4 cm³/mol. The molecular weight excluding hydrogens is 234 g/mol. The second-order valence-corrected chi connectivity index (χ2v) is 3.66. The highest BCUT2D eigenvalue weighted by atomic mass is 16.5. The lowest BCUT2D eigenvalue weighted by Gasteiger charge is -1.97. The maximum Gasteiger partial charge on any atom is 0.278 e. The fraction of sp³-hybridized carbons (Fsp3) is 0.0833. The van der Waals surface area contributed by atoms with Gasteiger partial charge in [-0.1, -0.05) is 35.5 Å². The lowest BCUT2D eigenvalue weighted by molar-refractivity contribution is 0.374. The summed E-state index contributed by atoms with van der Waals surface area (Å²) >= 11 is 0. The highest BCUT2D eigenvalue weighted by Gasteiger charge is 2.18. The molecule has 3 rings (SSSR count). The number of aromatic amines is 1. The highest BCUT2D eigenvalue weighted by Crippen LogP contribution is 2.28. The van der Waals surface area contributed by atoms with Crippen LogP contribution in [0.3, 0.4) is 0 Å². The molecule has 2 aromatic heterocycles. The molecule has 18 heavy (non-hydrogen) atoms. The van der Waals surface area contributed by atoms with Crippen LogP contribution in [0, 0.1) is 0 Å². The molecular formula is C12H9N3O3. The number of H-pyrrole nitrogens is 1. The minimum absolute atomic E-state index is 0.208. The summed E-state index contributed by atoms with van der Waals surface area (Å²) in [5.74, 6) is 0.208. The van der Waals surface area contributed by atoms with E-state index in [0.717, 1.165) is 5.56 Å². The fourth-order valence-corrected chi connectivity index (χ4v) is 1.79. The van der Waals surface area contributed by atoms with Crippen molar-refractivity contribution < 1.29 is 9.26 Å². The molecule has 0 fully saturated rings. The molecule has 0 radical (unpaired) electrons. The first-order chi connectivity index (χ1) is 8.81. The topological polar surface area (TPSA) is 81.0 Å². The maximum absolute atomic E-state index is 11.8. The molecule has 0 atom stereocenters. The van der Waals surface area contributed by atoms with Crippen molar-refractivity contribution >= 4 is 11.0 Å². The van der Waals surface area contributed by atoms with E-state index >= 15 is 0 Å². The van der Waals surface area contributed by atoms with E-state index in [1.54, 1.807) is 0 Å². The van der Waals surface area contributed by atoms with E-state index in [9.17, 15) is 4.79 Å². The summed E-state index contributed by atoms with van der Waals surface area (Å²) in [6, 6.07) is 9.32. The first kappa shape index (κ1) is 10.5.